The molecule has 0 amide bonds. The second-order valence-corrected chi connectivity index (χ2v) is 7.67. The molecule has 0 unspecified atom stereocenters. The number of nitrogens with two attached hydrogens (primary N) is 1. The molecule has 0 atom stereocenters. The third-order valence-electron chi connectivity index (χ3n) is 3.10. The highest BCUT2D eigenvalue weighted by molar-refractivity contribution is 7.89. The highest BCUT2D eigenvalue weighted by Gasteiger charge is 2.29. The molecule has 0 spiro atoms. The molecular formula is C13H20F2N2O2S. The molecular weight excluding hydrogens is 286 g/mol. The van der Waals surface area contributed by atoms with E-state index in [0.29, 0.717) is 6.07 Å². The van der Waals surface area contributed by atoms with E-state index in [1.165, 1.54) is 14.0 Å². The Morgan fingerprint density at radius 2 is 1.80 bits per heavy atom. The summed E-state index contributed by atoms with van der Waals surface area (Å²) in [6.45, 7) is 5.44. The van der Waals surface area contributed by atoms with E-state index in [-0.39, 0.29) is 18.7 Å². The molecule has 1 aromatic rings. The van der Waals surface area contributed by atoms with Gasteiger partial charge in [-0.3, -0.25) is 0 Å². The lowest BCUT2D eigenvalue weighted by molar-refractivity contribution is 0.291. The van der Waals surface area contributed by atoms with E-state index in [1.54, 1.807) is 0 Å². The number of hydrogen-bond acceptors (Lipinski definition) is 3. The molecule has 0 aliphatic rings. The number of sulfonamides is 1. The third-order valence-corrected chi connectivity index (χ3v) is 4.92. The zero-order valence-electron chi connectivity index (χ0n) is 12.1. The first-order chi connectivity index (χ1) is 9.01. The Morgan fingerprint density at radius 3 is 2.30 bits per heavy atom. The molecule has 0 heterocycles. The van der Waals surface area contributed by atoms with E-state index in [9.17, 15) is 17.2 Å². The monoisotopic (exact) mass is 306 g/mol. The van der Waals surface area contributed by atoms with Crippen molar-refractivity contribution >= 4 is 10.0 Å². The van der Waals surface area contributed by atoms with Crippen molar-refractivity contribution in [3.05, 3.63) is 29.3 Å². The molecule has 0 radical (unpaired) electrons. The molecule has 0 aromatic heterocycles. The Labute approximate surface area is 118 Å². The molecule has 0 fully saturated rings. The van der Waals surface area contributed by atoms with Gasteiger partial charge < -0.3 is 5.73 Å². The van der Waals surface area contributed by atoms with Crippen molar-refractivity contribution in [2.45, 2.75) is 25.7 Å². The smallest absolute Gasteiger partial charge is 0.245 e. The summed E-state index contributed by atoms with van der Waals surface area (Å²) in [4.78, 5) is -0.522. The maximum Gasteiger partial charge on any atom is 0.245 e. The summed E-state index contributed by atoms with van der Waals surface area (Å²) in [5.41, 5.74) is 5.21. The summed E-state index contributed by atoms with van der Waals surface area (Å²) in [5.74, 6) is -1.86. The van der Waals surface area contributed by atoms with Crippen LogP contribution in [0, 0.1) is 24.0 Å². The van der Waals surface area contributed by atoms with Gasteiger partial charge in [0.1, 0.15) is 16.5 Å². The van der Waals surface area contributed by atoms with Crippen LogP contribution in [0.1, 0.15) is 19.4 Å². The summed E-state index contributed by atoms with van der Waals surface area (Å²) in [6.07, 6.45) is 0. The minimum atomic E-state index is -4.02. The summed E-state index contributed by atoms with van der Waals surface area (Å²) in [6, 6.07) is 1.59. The molecule has 0 saturated carbocycles. The van der Waals surface area contributed by atoms with E-state index >= 15 is 0 Å². The number of rotatable bonds is 5. The lowest BCUT2D eigenvalue weighted by atomic mass is 9.94. The highest BCUT2D eigenvalue weighted by Crippen LogP contribution is 2.24. The summed E-state index contributed by atoms with van der Waals surface area (Å²) in [5, 5.41) is 0. The SMILES string of the molecule is Cc1cc(S(=O)(=O)N(C)CC(C)(C)CN)c(F)cc1F. The zero-order valence-corrected chi connectivity index (χ0v) is 12.9. The van der Waals surface area contributed by atoms with Crippen molar-refractivity contribution in [3.63, 3.8) is 0 Å². The summed E-state index contributed by atoms with van der Waals surface area (Å²) in [7, 11) is -2.66. The van der Waals surface area contributed by atoms with Crippen LogP contribution in [0.25, 0.3) is 0 Å². The molecule has 7 heteroatoms. The fourth-order valence-electron chi connectivity index (χ4n) is 1.75. The summed E-state index contributed by atoms with van der Waals surface area (Å²) < 4.78 is 52.6. The van der Waals surface area contributed by atoms with Gasteiger partial charge in [0.2, 0.25) is 10.0 Å². The second-order valence-electron chi connectivity index (χ2n) is 5.66. The number of aryl methyl sites for hydroxylation is 1. The van der Waals surface area contributed by atoms with Crippen LogP contribution in [0.3, 0.4) is 0 Å². The van der Waals surface area contributed by atoms with Gasteiger partial charge in [-0.15, -0.1) is 0 Å². The molecule has 1 rings (SSSR count). The average Bonchev–Trinajstić information content (AvgIpc) is 2.33. The fourth-order valence-corrected chi connectivity index (χ4v) is 3.23. The van der Waals surface area contributed by atoms with Gasteiger partial charge in [0, 0.05) is 19.7 Å². The van der Waals surface area contributed by atoms with Gasteiger partial charge in [-0.25, -0.2) is 21.5 Å². The molecule has 0 bridgehead atoms. The van der Waals surface area contributed by atoms with Crippen LogP contribution < -0.4 is 5.73 Å². The van der Waals surface area contributed by atoms with Crippen LogP contribution >= 0.6 is 0 Å². The first-order valence-electron chi connectivity index (χ1n) is 6.13. The van der Waals surface area contributed by atoms with Crippen LogP contribution in [0.2, 0.25) is 0 Å². The van der Waals surface area contributed by atoms with E-state index in [2.05, 4.69) is 0 Å². The largest absolute Gasteiger partial charge is 0.330 e. The van der Waals surface area contributed by atoms with Gasteiger partial charge in [-0.05, 0) is 30.5 Å². The second kappa shape index (κ2) is 5.75. The molecule has 4 nitrogen and oxygen atoms in total. The van der Waals surface area contributed by atoms with Gasteiger partial charge in [-0.2, -0.15) is 0 Å². The van der Waals surface area contributed by atoms with Crippen LogP contribution in [0.15, 0.2) is 17.0 Å². The predicted octanol–water partition coefficient (Wildman–Crippen LogP) is 1.88. The Kier molecular flexibility index (Phi) is 4.89. The van der Waals surface area contributed by atoms with Gasteiger partial charge in [0.15, 0.2) is 0 Å². The van der Waals surface area contributed by atoms with Crippen molar-refractivity contribution < 1.29 is 17.2 Å². The van der Waals surface area contributed by atoms with Gasteiger partial charge in [-0.1, -0.05) is 13.8 Å². The maximum atomic E-state index is 13.7. The molecule has 1 aromatic carbocycles. The minimum Gasteiger partial charge on any atom is -0.330 e. The van der Waals surface area contributed by atoms with E-state index in [4.69, 9.17) is 5.73 Å². The molecule has 114 valence electrons. The fraction of sp³-hybridized carbons (Fsp3) is 0.538. The summed E-state index contributed by atoms with van der Waals surface area (Å²) >= 11 is 0. The highest BCUT2D eigenvalue weighted by atomic mass is 32.2. The minimum absolute atomic E-state index is 0.0801. The zero-order chi connectivity index (χ0) is 15.7. The number of benzene rings is 1. The van der Waals surface area contributed by atoms with Crippen molar-refractivity contribution in [1.29, 1.82) is 0 Å². The Bertz CT molecular complexity index is 601. The van der Waals surface area contributed by atoms with Crippen molar-refractivity contribution in [1.82, 2.24) is 4.31 Å². The molecule has 20 heavy (non-hydrogen) atoms. The van der Waals surface area contributed by atoms with E-state index < -0.39 is 32.0 Å². The van der Waals surface area contributed by atoms with Crippen LogP contribution in [-0.4, -0.2) is 32.9 Å². The molecule has 0 aliphatic heterocycles. The number of halogens is 2. The first kappa shape index (κ1) is 17.0. The van der Waals surface area contributed by atoms with Gasteiger partial charge in [0.05, 0.1) is 0 Å². The normalized spacial score (nSPS) is 13.0. The van der Waals surface area contributed by atoms with Gasteiger partial charge >= 0.3 is 0 Å². The van der Waals surface area contributed by atoms with Gasteiger partial charge in [0.25, 0.3) is 0 Å². The molecule has 2 N–H and O–H groups in total. The van der Waals surface area contributed by atoms with Crippen molar-refractivity contribution in [3.8, 4) is 0 Å². The van der Waals surface area contributed by atoms with Crippen molar-refractivity contribution in [2.75, 3.05) is 20.1 Å². The lowest BCUT2D eigenvalue weighted by Crippen LogP contribution is -2.40. The van der Waals surface area contributed by atoms with Crippen LogP contribution in [0.4, 0.5) is 8.78 Å². The average molecular weight is 306 g/mol. The molecule has 0 aliphatic carbocycles. The Hall–Kier alpha value is -1.05. The van der Waals surface area contributed by atoms with E-state index in [0.717, 1.165) is 10.4 Å². The lowest BCUT2D eigenvalue weighted by Gasteiger charge is -2.28. The Morgan fingerprint density at radius 1 is 1.25 bits per heavy atom. The number of hydrogen-bond donors (Lipinski definition) is 1. The number of nitrogens with zero attached hydrogens (tertiary/aromatic N) is 1. The topological polar surface area (TPSA) is 63.4 Å². The first-order valence-corrected chi connectivity index (χ1v) is 7.57. The standard InChI is InChI=1S/C13H20F2N2O2S/c1-9-5-12(11(15)6-10(9)14)20(18,19)17(4)8-13(2,3)7-16/h5-6H,7-8,16H2,1-4H3. The Balaban J connectivity index is 3.21. The third kappa shape index (κ3) is 3.53. The maximum absolute atomic E-state index is 13.7. The predicted molar refractivity (Wildman–Crippen MR) is 73.7 cm³/mol. The van der Waals surface area contributed by atoms with Crippen LogP contribution in [-0.2, 0) is 10.0 Å². The molecule has 0 saturated heterocycles. The van der Waals surface area contributed by atoms with E-state index in [1.807, 2.05) is 13.8 Å². The van der Waals surface area contributed by atoms with Crippen LogP contribution in [0.5, 0.6) is 0 Å². The quantitative estimate of drug-likeness (QED) is 0.903. The van der Waals surface area contributed by atoms with Crippen molar-refractivity contribution in [2.24, 2.45) is 11.1 Å².